The van der Waals surface area contributed by atoms with E-state index < -0.39 is 5.41 Å². The van der Waals surface area contributed by atoms with Gasteiger partial charge in [-0.3, -0.25) is 9.59 Å². The molecule has 8 heteroatoms. The maximum absolute atomic E-state index is 12.8. The van der Waals surface area contributed by atoms with E-state index in [1.807, 2.05) is 0 Å². The highest BCUT2D eigenvalue weighted by molar-refractivity contribution is 6.07. The molecule has 0 aromatic heterocycles. The monoisotopic (exact) mass is 284 g/mol. The van der Waals surface area contributed by atoms with Gasteiger partial charge in [0.1, 0.15) is 5.41 Å². The quantitative estimate of drug-likeness (QED) is 0.257. The van der Waals surface area contributed by atoms with Crippen molar-refractivity contribution in [1.29, 1.82) is 0 Å². The van der Waals surface area contributed by atoms with Crippen LogP contribution < -0.4 is 11.1 Å². The van der Waals surface area contributed by atoms with Crippen LogP contribution in [0.1, 0.15) is 19.3 Å². The zero-order valence-electron chi connectivity index (χ0n) is 11.3. The zero-order chi connectivity index (χ0) is 14.6. The van der Waals surface area contributed by atoms with Gasteiger partial charge in [0.05, 0.1) is 0 Å². The Morgan fingerprint density at radius 2 is 2.10 bits per heavy atom. The smallest absolute Gasteiger partial charge is 0.236 e. The lowest BCUT2D eigenvalue weighted by Crippen LogP contribution is -2.54. The van der Waals surface area contributed by atoms with Crippen molar-refractivity contribution in [3.05, 3.63) is 0 Å². The average Bonchev–Trinajstić information content (AvgIpc) is 2.71. The Hall–Kier alpha value is -1.83. The van der Waals surface area contributed by atoms with Crippen LogP contribution in [0.5, 0.6) is 0 Å². The molecule has 0 spiro atoms. The van der Waals surface area contributed by atoms with Crippen LogP contribution in [0, 0.1) is 5.41 Å². The van der Waals surface area contributed by atoms with Crippen molar-refractivity contribution in [3.8, 4) is 0 Å². The van der Waals surface area contributed by atoms with E-state index in [1.165, 1.54) is 0 Å². The topological polar surface area (TPSA) is 117 Å². The Morgan fingerprint density at radius 1 is 1.40 bits per heavy atom. The van der Waals surface area contributed by atoms with Crippen LogP contribution in [-0.4, -0.2) is 60.6 Å². The number of nitrogens with one attached hydrogen (secondary N) is 1. The number of carbonyl (C=O) groups is 2. The highest BCUT2D eigenvalue weighted by Crippen LogP contribution is 2.33. The Morgan fingerprint density at radius 3 is 2.75 bits per heavy atom. The first-order valence-electron chi connectivity index (χ1n) is 6.72. The molecule has 0 unspecified atom stereocenters. The van der Waals surface area contributed by atoms with Crippen molar-refractivity contribution in [2.24, 2.45) is 16.3 Å². The van der Waals surface area contributed by atoms with E-state index in [9.17, 15) is 9.59 Å². The van der Waals surface area contributed by atoms with Gasteiger partial charge in [0.2, 0.25) is 11.8 Å². The van der Waals surface area contributed by atoms with Gasteiger partial charge in [0.15, 0.2) is 5.84 Å². The second-order valence-corrected chi connectivity index (χ2v) is 5.07. The summed E-state index contributed by atoms with van der Waals surface area (Å²) in [6, 6.07) is 0. The first-order chi connectivity index (χ1) is 9.60. The molecule has 2 aliphatic heterocycles. The molecule has 4 N–H and O–H groups in total. The van der Waals surface area contributed by atoms with E-state index in [0.717, 1.165) is 0 Å². The molecular weight excluding hydrogens is 264 g/mol. The molecule has 112 valence electrons. The van der Waals surface area contributed by atoms with Crippen molar-refractivity contribution in [2.75, 3.05) is 32.8 Å². The highest BCUT2D eigenvalue weighted by Gasteiger charge is 2.46. The van der Waals surface area contributed by atoms with Crippen LogP contribution in [0.3, 0.4) is 0 Å². The summed E-state index contributed by atoms with van der Waals surface area (Å²) in [5.41, 5.74) is 4.76. The number of hydrogen-bond acceptors (Lipinski definition) is 5. The van der Waals surface area contributed by atoms with Gasteiger partial charge in [0, 0.05) is 39.3 Å². The number of amidine groups is 1. The lowest BCUT2D eigenvalue weighted by atomic mass is 9.77. The molecule has 0 atom stereocenters. The standard InChI is InChI=1S/C12H20N4O4/c13-10(15-19)12(2-7-20-8-3-12)11(18)16-5-1-9(17)14-4-6-16/h19H,1-8H2,(H2,13,15)(H,14,17). The number of amides is 2. The molecule has 2 aliphatic rings. The highest BCUT2D eigenvalue weighted by atomic mass is 16.5. The van der Waals surface area contributed by atoms with Crippen molar-refractivity contribution < 1.29 is 19.5 Å². The van der Waals surface area contributed by atoms with Crippen LogP contribution in [-0.2, 0) is 14.3 Å². The van der Waals surface area contributed by atoms with E-state index in [4.69, 9.17) is 15.7 Å². The molecule has 2 saturated heterocycles. The Bertz CT molecular complexity index is 418. The minimum atomic E-state index is -1.01. The van der Waals surface area contributed by atoms with Crippen LogP contribution >= 0.6 is 0 Å². The molecule has 0 aromatic rings. The van der Waals surface area contributed by atoms with Crippen LogP contribution in [0.15, 0.2) is 5.16 Å². The van der Waals surface area contributed by atoms with Gasteiger partial charge in [-0.2, -0.15) is 0 Å². The van der Waals surface area contributed by atoms with Gasteiger partial charge in [-0.1, -0.05) is 5.16 Å². The number of nitrogens with two attached hydrogens (primary N) is 1. The van der Waals surface area contributed by atoms with E-state index in [2.05, 4.69) is 10.5 Å². The minimum absolute atomic E-state index is 0.0647. The normalized spacial score (nSPS) is 23.9. The van der Waals surface area contributed by atoms with Crippen LogP contribution in [0.25, 0.3) is 0 Å². The van der Waals surface area contributed by atoms with Crippen LogP contribution in [0.2, 0.25) is 0 Å². The van der Waals surface area contributed by atoms with Crippen LogP contribution in [0.4, 0.5) is 0 Å². The fourth-order valence-electron chi connectivity index (χ4n) is 2.67. The van der Waals surface area contributed by atoms with E-state index in [1.54, 1.807) is 4.90 Å². The van der Waals surface area contributed by atoms with Crippen molar-refractivity contribution >= 4 is 17.6 Å². The predicted molar refractivity (Wildman–Crippen MR) is 70.1 cm³/mol. The molecule has 0 bridgehead atoms. The van der Waals surface area contributed by atoms with E-state index in [0.29, 0.717) is 45.7 Å². The molecule has 2 heterocycles. The molecule has 2 fully saturated rings. The summed E-state index contributed by atoms with van der Waals surface area (Å²) in [5, 5.41) is 14.7. The number of ether oxygens (including phenoxy) is 1. The molecule has 0 aromatic carbocycles. The zero-order valence-corrected chi connectivity index (χ0v) is 11.3. The van der Waals surface area contributed by atoms with Gasteiger partial charge in [-0.25, -0.2) is 0 Å². The third-order valence-corrected chi connectivity index (χ3v) is 3.95. The first-order valence-corrected chi connectivity index (χ1v) is 6.72. The Labute approximate surface area is 116 Å². The molecule has 0 radical (unpaired) electrons. The summed E-state index contributed by atoms with van der Waals surface area (Å²) in [5.74, 6) is -0.327. The maximum Gasteiger partial charge on any atom is 0.236 e. The van der Waals surface area contributed by atoms with Gasteiger partial charge in [-0.15, -0.1) is 0 Å². The van der Waals surface area contributed by atoms with Crippen molar-refractivity contribution in [2.45, 2.75) is 19.3 Å². The summed E-state index contributed by atoms with van der Waals surface area (Å²) < 4.78 is 5.27. The van der Waals surface area contributed by atoms with Crippen molar-refractivity contribution in [1.82, 2.24) is 10.2 Å². The lowest BCUT2D eigenvalue weighted by molar-refractivity contribution is -0.142. The SMILES string of the molecule is NC(=NO)C1(C(=O)N2CCNC(=O)CC2)CCOCC1. The second kappa shape index (κ2) is 6.08. The van der Waals surface area contributed by atoms with Gasteiger partial charge in [-0.05, 0) is 12.8 Å². The van der Waals surface area contributed by atoms with Crippen molar-refractivity contribution in [3.63, 3.8) is 0 Å². The maximum atomic E-state index is 12.8. The molecule has 20 heavy (non-hydrogen) atoms. The molecular formula is C12H20N4O4. The predicted octanol–water partition coefficient (Wildman–Crippen LogP) is -1.12. The number of oxime groups is 1. The Balaban J connectivity index is 2.20. The second-order valence-electron chi connectivity index (χ2n) is 5.07. The largest absolute Gasteiger partial charge is 0.409 e. The molecule has 0 aliphatic carbocycles. The Kier molecular flexibility index (Phi) is 4.43. The number of nitrogens with zero attached hydrogens (tertiary/aromatic N) is 2. The van der Waals surface area contributed by atoms with Gasteiger partial charge in [0.25, 0.3) is 0 Å². The van der Waals surface area contributed by atoms with Gasteiger partial charge >= 0.3 is 0 Å². The number of rotatable bonds is 2. The number of hydrogen-bond donors (Lipinski definition) is 3. The summed E-state index contributed by atoms with van der Waals surface area (Å²) in [4.78, 5) is 25.7. The third-order valence-electron chi connectivity index (χ3n) is 3.95. The summed E-state index contributed by atoms with van der Waals surface area (Å²) >= 11 is 0. The fraction of sp³-hybridized carbons (Fsp3) is 0.750. The summed E-state index contributed by atoms with van der Waals surface area (Å²) in [6.07, 6.45) is 1.05. The van der Waals surface area contributed by atoms with E-state index in [-0.39, 0.29) is 24.1 Å². The first kappa shape index (κ1) is 14.6. The third kappa shape index (κ3) is 2.69. The fourth-order valence-corrected chi connectivity index (χ4v) is 2.67. The molecule has 2 amide bonds. The average molecular weight is 284 g/mol. The van der Waals surface area contributed by atoms with Gasteiger partial charge < -0.3 is 25.9 Å². The molecule has 2 rings (SSSR count). The number of carbonyl (C=O) groups excluding carboxylic acids is 2. The van der Waals surface area contributed by atoms with E-state index >= 15 is 0 Å². The summed E-state index contributed by atoms with van der Waals surface area (Å²) in [7, 11) is 0. The minimum Gasteiger partial charge on any atom is -0.409 e. The lowest BCUT2D eigenvalue weighted by Gasteiger charge is -2.38. The molecule has 0 saturated carbocycles. The molecule has 8 nitrogen and oxygen atoms in total. The summed E-state index contributed by atoms with van der Waals surface area (Å²) in [6.45, 7) is 2.01.